The number of sulfone groups is 1. The zero-order valence-corrected chi connectivity index (χ0v) is 13.5. The first-order valence-corrected chi connectivity index (χ1v) is 8.86. The Morgan fingerprint density at radius 2 is 1.62 bits per heavy atom. The lowest BCUT2D eigenvalue weighted by atomic mass is 10.2. The van der Waals surface area contributed by atoms with Gasteiger partial charge in [-0.1, -0.05) is 46.3 Å². The van der Waals surface area contributed by atoms with Crippen LogP contribution in [0.4, 0.5) is 5.69 Å². The maximum Gasteiger partial charge on any atom is 0.239 e. The molecule has 2 aromatic rings. The summed E-state index contributed by atoms with van der Waals surface area (Å²) in [5.74, 6) is -1.20. The average molecular weight is 368 g/mol. The molecule has 0 aliphatic carbocycles. The summed E-state index contributed by atoms with van der Waals surface area (Å²) in [6, 6.07) is 15.8. The van der Waals surface area contributed by atoms with Crippen LogP contribution < -0.4 is 5.32 Å². The summed E-state index contributed by atoms with van der Waals surface area (Å²) >= 11 is 3.29. The van der Waals surface area contributed by atoms with Crippen molar-refractivity contribution in [2.75, 3.05) is 11.1 Å². The summed E-state index contributed by atoms with van der Waals surface area (Å²) in [7, 11) is -3.48. The van der Waals surface area contributed by atoms with Crippen molar-refractivity contribution in [3.8, 4) is 0 Å². The zero-order chi connectivity index (χ0) is 15.3. The second-order valence-electron chi connectivity index (χ2n) is 4.57. The molecule has 2 aromatic carbocycles. The Hall–Kier alpha value is -1.66. The molecule has 0 saturated carbocycles. The molecule has 4 nitrogen and oxygen atoms in total. The lowest BCUT2D eigenvalue weighted by Crippen LogP contribution is -2.23. The molecule has 0 radical (unpaired) electrons. The summed E-state index contributed by atoms with van der Waals surface area (Å²) < 4.78 is 24.9. The van der Waals surface area contributed by atoms with Crippen LogP contribution in [0.2, 0.25) is 0 Å². The summed E-state index contributed by atoms with van der Waals surface area (Å²) in [5.41, 5.74) is 1.24. The van der Waals surface area contributed by atoms with Crippen molar-refractivity contribution in [1.29, 1.82) is 0 Å². The van der Waals surface area contributed by atoms with Crippen LogP contribution in [0, 0.1) is 0 Å². The van der Waals surface area contributed by atoms with Crippen LogP contribution in [0.1, 0.15) is 5.56 Å². The molecular formula is C15H14BrNO3S. The Balaban J connectivity index is 1.96. The Kier molecular flexibility index (Phi) is 5.14. The van der Waals surface area contributed by atoms with E-state index in [1.807, 2.05) is 6.07 Å². The van der Waals surface area contributed by atoms with Gasteiger partial charge in [0.2, 0.25) is 5.91 Å². The highest BCUT2D eigenvalue weighted by molar-refractivity contribution is 9.10. The fraction of sp³-hybridized carbons (Fsp3) is 0.133. The molecule has 0 aliphatic heterocycles. The molecule has 0 bridgehead atoms. The second kappa shape index (κ2) is 6.87. The molecule has 0 fully saturated rings. The maximum absolute atomic E-state index is 12.0. The number of rotatable bonds is 5. The molecule has 1 N–H and O–H groups in total. The zero-order valence-electron chi connectivity index (χ0n) is 11.1. The van der Waals surface area contributed by atoms with E-state index < -0.39 is 21.5 Å². The van der Waals surface area contributed by atoms with Crippen molar-refractivity contribution in [2.45, 2.75) is 5.75 Å². The van der Waals surface area contributed by atoms with Gasteiger partial charge in [0, 0.05) is 10.2 Å². The quantitative estimate of drug-likeness (QED) is 0.883. The van der Waals surface area contributed by atoms with Gasteiger partial charge in [0.1, 0.15) is 5.75 Å². The maximum atomic E-state index is 12.0. The number of carbonyl (C=O) groups is 1. The number of anilines is 1. The number of benzene rings is 2. The van der Waals surface area contributed by atoms with Crippen LogP contribution in [0.15, 0.2) is 59.1 Å². The van der Waals surface area contributed by atoms with Gasteiger partial charge in [-0.3, -0.25) is 4.79 Å². The van der Waals surface area contributed by atoms with Gasteiger partial charge in [-0.05, 0) is 29.8 Å². The van der Waals surface area contributed by atoms with Crippen LogP contribution in [-0.4, -0.2) is 20.1 Å². The summed E-state index contributed by atoms with van der Waals surface area (Å²) in [5, 5.41) is 2.57. The van der Waals surface area contributed by atoms with Gasteiger partial charge in [-0.15, -0.1) is 0 Å². The number of hydrogen-bond acceptors (Lipinski definition) is 3. The minimum Gasteiger partial charge on any atom is -0.325 e. The van der Waals surface area contributed by atoms with E-state index in [0.717, 1.165) is 4.47 Å². The fourth-order valence-corrected chi connectivity index (χ4v) is 3.35. The highest BCUT2D eigenvalue weighted by Crippen LogP contribution is 2.14. The number of carbonyl (C=O) groups excluding carboxylic acids is 1. The summed E-state index contributed by atoms with van der Waals surface area (Å²) in [6.45, 7) is 0. The predicted molar refractivity (Wildman–Crippen MR) is 86.7 cm³/mol. The number of amides is 1. The van der Waals surface area contributed by atoms with E-state index in [-0.39, 0.29) is 5.75 Å². The van der Waals surface area contributed by atoms with E-state index in [1.54, 1.807) is 48.5 Å². The van der Waals surface area contributed by atoms with Crippen molar-refractivity contribution in [1.82, 2.24) is 0 Å². The topological polar surface area (TPSA) is 63.2 Å². The van der Waals surface area contributed by atoms with E-state index in [4.69, 9.17) is 0 Å². The Morgan fingerprint density at radius 1 is 1.00 bits per heavy atom. The first-order valence-electron chi connectivity index (χ1n) is 6.24. The normalized spacial score (nSPS) is 11.1. The number of nitrogens with one attached hydrogen (secondary N) is 1. The van der Waals surface area contributed by atoms with Crippen molar-refractivity contribution in [2.24, 2.45) is 0 Å². The Bertz CT molecular complexity index is 712. The van der Waals surface area contributed by atoms with Gasteiger partial charge in [0.25, 0.3) is 0 Å². The standard InChI is InChI=1S/C15H14BrNO3S/c16-13-6-8-14(9-7-13)17-15(18)11-21(19,20)10-12-4-2-1-3-5-12/h1-9H,10-11H2,(H,17,18). The van der Waals surface area contributed by atoms with Gasteiger partial charge in [0.15, 0.2) is 9.84 Å². The predicted octanol–water partition coefficient (Wildman–Crippen LogP) is 3.00. The van der Waals surface area contributed by atoms with E-state index >= 15 is 0 Å². The highest BCUT2D eigenvalue weighted by Gasteiger charge is 2.17. The largest absolute Gasteiger partial charge is 0.325 e. The summed E-state index contributed by atoms with van der Waals surface area (Å²) in [4.78, 5) is 11.8. The first kappa shape index (κ1) is 15.7. The molecule has 1 amide bonds. The monoisotopic (exact) mass is 367 g/mol. The number of halogens is 1. The minimum atomic E-state index is -3.48. The van der Waals surface area contributed by atoms with E-state index in [0.29, 0.717) is 11.3 Å². The molecule has 0 atom stereocenters. The van der Waals surface area contributed by atoms with E-state index in [9.17, 15) is 13.2 Å². The third-order valence-corrected chi connectivity index (χ3v) is 4.71. The molecule has 0 unspecified atom stereocenters. The lowest BCUT2D eigenvalue weighted by molar-refractivity contribution is -0.113. The highest BCUT2D eigenvalue weighted by atomic mass is 79.9. The molecule has 110 valence electrons. The third-order valence-electron chi connectivity index (χ3n) is 2.71. The van der Waals surface area contributed by atoms with Crippen LogP contribution in [-0.2, 0) is 20.4 Å². The number of hydrogen-bond donors (Lipinski definition) is 1. The van der Waals surface area contributed by atoms with Gasteiger partial charge in [-0.2, -0.15) is 0 Å². The van der Waals surface area contributed by atoms with E-state index in [2.05, 4.69) is 21.2 Å². The lowest BCUT2D eigenvalue weighted by Gasteiger charge is -2.06. The van der Waals surface area contributed by atoms with Gasteiger partial charge in [-0.25, -0.2) is 8.42 Å². The van der Waals surface area contributed by atoms with Gasteiger partial charge in [0.05, 0.1) is 5.75 Å². The molecule has 21 heavy (non-hydrogen) atoms. The molecule has 0 aromatic heterocycles. The van der Waals surface area contributed by atoms with Crippen LogP contribution in [0.25, 0.3) is 0 Å². The second-order valence-corrected chi connectivity index (χ2v) is 7.55. The SMILES string of the molecule is O=C(CS(=O)(=O)Cc1ccccc1)Nc1ccc(Br)cc1. The Labute approximate surface area is 132 Å². The van der Waals surface area contributed by atoms with Gasteiger partial charge >= 0.3 is 0 Å². The molecule has 0 spiro atoms. The molecule has 0 heterocycles. The van der Waals surface area contributed by atoms with Crippen molar-refractivity contribution in [3.05, 3.63) is 64.6 Å². The third kappa shape index (κ3) is 5.32. The van der Waals surface area contributed by atoms with Crippen molar-refractivity contribution < 1.29 is 13.2 Å². The van der Waals surface area contributed by atoms with Crippen LogP contribution >= 0.6 is 15.9 Å². The smallest absolute Gasteiger partial charge is 0.239 e. The molecule has 2 rings (SSSR count). The van der Waals surface area contributed by atoms with Crippen molar-refractivity contribution in [3.63, 3.8) is 0 Å². The van der Waals surface area contributed by atoms with E-state index in [1.165, 1.54) is 0 Å². The summed E-state index contributed by atoms with van der Waals surface area (Å²) in [6.07, 6.45) is 0. The minimum absolute atomic E-state index is 0.137. The average Bonchev–Trinajstić information content (AvgIpc) is 2.41. The molecule has 0 saturated heterocycles. The molecule has 0 aliphatic rings. The van der Waals surface area contributed by atoms with Crippen molar-refractivity contribution >= 4 is 37.4 Å². The Morgan fingerprint density at radius 3 is 2.24 bits per heavy atom. The fourth-order valence-electron chi connectivity index (χ4n) is 1.81. The molecule has 6 heteroatoms. The van der Waals surface area contributed by atoms with Crippen LogP contribution in [0.3, 0.4) is 0 Å². The first-order chi connectivity index (χ1) is 9.94. The molecular weight excluding hydrogens is 354 g/mol. The van der Waals surface area contributed by atoms with Gasteiger partial charge < -0.3 is 5.32 Å². The van der Waals surface area contributed by atoms with Crippen LogP contribution in [0.5, 0.6) is 0 Å².